The molecule has 156 valence electrons. The van der Waals surface area contributed by atoms with E-state index in [1.807, 2.05) is 0 Å². The summed E-state index contributed by atoms with van der Waals surface area (Å²) in [6, 6.07) is 8.37. The van der Waals surface area contributed by atoms with Gasteiger partial charge in [0.25, 0.3) is 0 Å². The van der Waals surface area contributed by atoms with Crippen molar-refractivity contribution < 1.29 is 14.2 Å². The summed E-state index contributed by atoms with van der Waals surface area (Å²) < 4.78 is 17.3. The Labute approximate surface area is 169 Å². The van der Waals surface area contributed by atoms with Gasteiger partial charge in [-0.3, -0.25) is 4.99 Å². The van der Waals surface area contributed by atoms with Gasteiger partial charge in [-0.2, -0.15) is 0 Å². The molecule has 0 aromatic heterocycles. The first-order valence-electron chi connectivity index (χ1n) is 10.7. The number of aliphatic imine (C=N–C) groups is 1. The van der Waals surface area contributed by atoms with Crippen molar-refractivity contribution >= 4 is 5.96 Å². The Balaban J connectivity index is 1.34. The van der Waals surface area contributed by atoms with Crippen molar-refractivity contribution in [3.05, 3.63) is 29.8 Å². The van der Waals surface area contributed by atoms with Gasteiger partial charge in [0.15, 0.2) is 5.96 Å². The van der Waals surface area contributed by atoms with E-state index in [2.05, 4.69) is 39.9 Å². The molecule has 0 spiro atoms. The van der Waals surface area contributed by atoms with Gasteiger partial charge >= 0.3 is 0 Å². The van der Waals surface area contributed by atoms with Crippen LogP contribution in [0.5, 0.6) is 5.75 Å². The van der Waals surface area contributed by atoms with Crippen LogP contribution in [-0.4, -0.2) is 51.6 Å². The smallest absolute Gasteiger partial charge is 0.191 e. The molecule has 1 aliphatic carbocycles. The number of benzene rings is 1. The van der Waals surface area contributed by atoms with Crippen molar-refractivity contribution in [2.45, 2.75) is 63.7 Å². The molecule has 1 atom stereocenters. The summed E-state index contributed by atoms with van der Waals surface area (Å²) in [4.78, 5) is 4.30. The Kier molecular flexibility index (Phi) is 8.91. The van der Waals surface area contributed by atoms with Crippen LogP contribution in [0, 0.1) is 0 Å². The predicted octanol–water partition coefficient (Wildman–Crippen LogP) is 3.26. The molecule has 6 heteroatoms. The minimum atomic E-state index is 0.278. The zero-order valence-corrected chi connectivity index (χ0v) is 17.1. The van der Waals surface area contributed by atoms with Crippen LogP contribution in [0.15, 0.2) is 29.3 Å². The molecule has 1 heterocycles. The quantitative estimate of drug-likeness (QED) is 0.386. The Hall–Kier alpha value is -1.79. The lowest BCUT2D eigenvalue weighted by Gasteiger charge is -2.23. The second kappa shape index (κ2) is 11.9. The van der Waals surface area contributed by atoms with E-state index in [1.54, 1.807) is 7.05 Å². The van der Waals surface area contributed by atoms with Gasteiger partial charge in [-0.25, -0.2) is 0 Å². The summed E-state index contributed by atoms with van der Waals surface area (Å²) in [6.07, 6.45) is 8.89. The maximum atomic E-state index is 6.17. The van der Waals surface area contributed by atoms with Crippen molar-refractivity contribution in [2.75, 3.05) is 33.4 Å². The Bertz CT molecular complexity index is 596. The highest BCUT2D eigenvalue weighted by Gasteiger charge is 2.16. The molecule has 1 saturated carbocycles. The maximum Gasteiger partial charge on any atom is 0.191 e. The van der Waals surface area contributed by atoms with Crippen LogP contribution in [0.3, 0.4) is 0 Å². The third-order valence-electron chi connectivity index (χ3n) is 5.29. The maximum absolute atomic E-state index is 6.17. The van der Waals surface area contributed by atoms with Crippen LogP contribution in [0.25, 0.3) is 0 Å². The zero-order chi connectivity index (χ0) is 19.4. The van der Waals surface area contributed by atoms with Crippen molar-refractivity contribution in [2.24, 2.45) is 4.99 Å². The van der Waals surface area contributed by atoms with Gasteiger partial charge in [0.2, 0.25) is 0 Å². The lowest BCUT2D eigenvalue weighted by molar-refractivity contribution is 0.0420. The molecule has 6 nitrogen and oxygen atoms in total. The summed E-state index contributed by atoms with van der Waals surface area (Å²) in [7, 11) is 1.80. The number of nitrogens with one attached hydrogen (secondary N) is 2. The molecule has 3 rings (SSSR count). The first kappa shape index (κ1) is 20.9. The molecule has 28 heavy (non-hydrogen) atoms. The average Bonchev–Trinajstić information content (AvgIpc) is 3.25. The van der Waals surface area contributed by atoms with Crippen LogP contribution >= 0.6 is 0 Å². The molecule has 1 unspecified atom stereocenters. The van der Waals surface area contributed by atoms with Crippen LogP contribution in [0.1, 0.15) is 50.5 Å². The minimum Gasteiger partial charge on any atom is -0.490 e. The van der Waals surface area contributed by atoms with Gasteiger partial charge in [0.05, 0.1) is 18.8 Å². The third-order valence-corrected chi connectivity index (χ3v) is 5.29. The second-order valence-corrected chi connectivity index (χ2v) is 7.59. The lowest BCUT2D eigenvalue weighted by atomic mass is 9.98. The van der Waals surface area contributed by atoms with E-state index in [0.717, 1.165) is 57.5 Å². The number of rotatable bonds is 9. The minimum absolute atomic E-state index is 0.278. The highest BCUT2D eigenvalue weighted by Crippen LogP contribution is 2.23. The zero-order valence-electron chi connectivity index (χ0n) is 17.1. The van der Waals surface area contributed by atoms with Crippen molar-refractivity contribution in [3.8, 4) is 5.75 Å². The molecule has 2 N–H and O–H groups in total. The molecule has 2 fully saturated rings. The molecule has 2 aliphatic rings. The molecule has 1 saturated heterocycles. The Morgan fingerprint density at radius 2 is 2.04 bits per heavy atom. The van der Waals surface area contributed by atoms with E-state index in [4.69, 9.17) is 14.2 Å². The fourth-order valence-electron chi connectivity index (χ4n) is 3.68. The molecule has 0 bridgehead atoms. The van der Waals surface area contributed by atoms with Gasteiger partial charge < -0.3 is 24.8 Å². The molecule has 0 radical (unpaired) electrons. The van der Waals surface area contributed by atoms with Crippen LogP contribution in [0.2, 0.25) is 0 Å². The standard InChI is InChI=1S/C22H35N3O3/c1-23-22(24-12-6-13-27-21-11-14-26-17-21)25-16-18-7-5-10-20(15-18)28-19-8-3-2-4-9-19/h5,7,10,15,19,21H,2-4,6,8-9,11-14,16-17H2,1H3,(H2,23,24,25). The number of hydrogen-bond acceptors (Lipinski definition) is 4. The number of hydrogen-bond donors (Lipinski definition) is 2. The number of guanidine groups is 1. The van der Waals surface area contributed by atoms with Crippen molar-refractivity contribution in [1.29, 1.82) is 0 Å². The van der Waals surface area contributed by atoms with Gasteiger partial charge in [0.1, 0.15) is 5.75 Å². The topological polar surface area (TPSA) is 64.1 Å². The predicted molar refractivity (Wildman–Crippen MR) is 112 cm³/mol. The van der Waals surface area contributed by atoms with Crippen LogP contribution in [0.4, 0.5) is 0 Å². The van der Waals surface area contributed by atoms with Gasteiger partial charge in [-0.05, 0) is 56.2 Å². The third kappa shape index (κ3) is 7.32. The van der Waals surface area contributed by atoms with E-state index in [9.17, 15) is 0 Å². The summed E-state index contributed by atoms with van der Waals surface area (Å²) in [5, 5.41) is 6.71. The largest absolute Gasteiger partial charge is 0.490 e. The molecular weight excluding hydrogens is 354 g/mol. The van der Waals surface area contributed by atoms with Crippen LogP contribution in [-0.2, 0) is 16.0 Å². The van der Waals surface area contributed by atoms with Gasteiger partial charge in [0, 0.05) is 33.4 Å². The van der Waals surface area contributed by atoms with E-state index in [1.165, 1.54) is 37.7 Å². The Morgan fingerprint density at radius 3 is 2.82 bits per heavy atom. The summed E-state index contributed by atoms with van der Waals surface area (Å²) in [5.41, 5.74) is 1.20. The lowest BCUT2D eigenvalue weighted by Crippen LogP contribution is -2.37. The molecule has 1 aromatic carbocycles. The normalized spacial score (nSPS) is 20.9. The molecule has 1 aromatic rings. The highest BCUT2D eigenvalue weighted by atomic mass is 16.5. The van der Waals surface area contributed by atoms with E-state index < -0.39 is 0 Å². The van der Waals surface area contributed by atoms with Crippen molar-refractivity contribution in [3.63, 3.8) is 0 Å². The molecule has 0 amide bonds. The number of ether oxygens (including phenoxy) is 3. The SMILES string of the molecule is CN=C(NCCCOC1CCOC1)NCc1cccc(OC2CCCCC2)c1. The monoisotopic (exact) mass is 389 g/mol. The first-order valence-corrected chi connectivity index (χ1v) is 10.7. The summed E-state index contributed by atoms with van der Waals surface area (Å²) in [6.45, 7) is 3.86. The van der Waals surface area contributed by atoms with E-state index in [-0.39, 0.29) is 6.10 Å². The Morgan fingerprint density at radius 1 is 1.14 bits per heavy atom. The average molecular weight is 390 g/mol. The van der Waals surface area contributed by atoms with E-state index in [0.29, 0.717) is 6.10 Å². The fraction of sp³-hybridized carbons (Fsp3) is 0.682. The van der Waals surface area contributed by atoms with E-state index >= 15 is 0 Å². The first-order chi connectivity index (χ1) is 13.8. The summed E-state index contributed by atoms with van der Waals surface area (Å²) >= 11 is 0. The molecule has 1 aliphatic heterocycles. The molecular formula is C22H35N3O3. The number of nitrogens with zero attached hydrogens (tertiary/aromatic N) is 1. The van der Waals surface area contributed by atoms with Gasteiger partial charge in [-0.15, -0.1) is 0 Å². The summed E-state index contributed by atoms with van der Waals surface area (Å²) in [5.74, 6) is 1.78. The van der Waals surface area contributed by atoms with Crippen molar-refractivity contribution in [1.82, 2.24) is 10.6 Å². The van der Waals surface area contributed by atoms with Gasteiger partial charge in [-0.1, -0.05) is 18.6 Å². The fourth-order valence-corrected chi connectivity index (χ4v) is 3.68. The second-order valence-electron chi connectivity index (χ2n) is 7.59. The van der Waals surface area contributed by atoms with Crippen LogP contribution < -0.4 is 15.4 Å². The highest BCUT2D eigenvalue weighted by molar-refractivity contribution is 5.79.